The molecule has 4 fully saturated rings. The van der Waals surface area contributed by atoms with Gasteiger partial charge in [0.2, 0.25) is 6.39 Å². The third-order valence-corrected chi connectivity index (χ3v) is 20.7. The number of halogens is 4. The van der Waals surface area contributed by atoms with E-state index in [1.165, 1.54) is 85.5 Å². The lowest BCUT2D eigenvalue weighted by molar-refractivity contribution is -0.145. The van der Waals surface area contributed by atoms with E-state index >= 15 is 0 Å². The number of cyclic esters (lactones) is 4. The number of hydrogen-bond donors (Lipinski definition) is 0. The van der Waals surface area contributed by atoms with E-state index in [1.54, 1.807) is 90.3 Å². The highest BCUT2D eigenvalue weighted by Crippen LogP contribution is 2.49. The van der Waals surface area contributed by atoms with Crippen LogP contribution in [0.1, 0.15) is 93.8 Å². The van der Waals surface area contributed by atoms with Crippen molar-refractivity contribution in [2.45, 2.75) is 142 Å². The molecule has 0 N–H and O–H groups in total. The van der Waals surface area contributed by atoms with Gasteiger partial charge in [-0.3, -0.25) is 29.0 Å². The van der Waals surface area contributed by atoms with Crippen LogP contribution in [0.4, 0.5) is 59.5 Å². The number of methoxy groups -OCH3 is 1. The van der Waals surface area contributed by atoms with E-state index in [2.05, 4.69) is 14.7 Å². The summed E-state index contributed by atoms with van der Waals surface area (Å²) >= 11 is 5.00. The fourth-order valence-corrected chi connectivity index (χ4v) is 14.5. The summed E-state index contributed by atoms with van der Waals surface area (Å²) in [5.41, 5.74) is 1.97. The number of anilines is 4. The summed E-state index contributed by atoms with van der Waals surface area (Å²) in [6.45, 7) is 19.6. The summed E-state index contributed by atoms with van der Waals surface area (Å²) in [4.78, 5) is 70.6. The number of ether oxygens (including phenoxy) is 6. The molecule has 21 nitrogen and oxygen atoms in total. The zero-order chi connectivity index (χ0) is 67.1. The third kappa shape index (κ3) is 21.4. The van der Waals surface area contributed by atoms with Crippen LogP contribution in [0.15, 0.2) is 103 Å². The van der Waals surface area contributed by atoms with Crippen LogP contribution in [0.2, 0.25) is 0 Å². The maximum atomic E-state index is 14.4. The Balaban J connectivity index is 0.000000196. The summed E-state index contributed by atoms with van der Waals surface area (Å²) in [7, 11) is -1.52. The van der Waals surface area contributed by atoms with Gasteiger partial charge in [0.05, 0.1) is 87.3 Å². The fourth-order valence-electron chi connectivity index (χ4n) is 8.93. The van der Waals surface area contributed by atoms with Crippen molar-refractivity contribution < 1.29 is 88.1 Å². The van der Waals surface area contributed by atoms with Gasteiger partial charge in [-0.1, -0.05) is 32.9 Å². The van der Waals surface area contributed by atoms with Gasteiger partial charge < -0.3 is 42.0 Å². The van der Waals surface area contributed by atoms with Crippen LogP contribution >= 0.6 is 54.6 Å². The SMILES string of the molecule is CCOC(=O)C(C)(C)Sc1ccc(N2C[C@H](CC)OC2=O)cc1F.CCOP(=O)(CCSc1ccc(N2C[C@H](CC)OC2=O)cc1F)OCC.CC[C@H]1CN(c2ccc(SCCOC)c(F)c2)C(=O)O1.CC[C@H]1CN(c2ccc(SCc3ncon3)c(F)c2)C(=O)O1. The highest BCUT2D eigenvalue weighted by Gasteiger charge is 2.36. The standard InChI is InChI=1S/C17H25FNO5PS.C17H22FNO4S.C14H14FN3O3S.C14H18FNO3S/c1-4-14-12-19(17(20)24-14)13-7-8-16(15(18)11-13)26-10-9-25(21,22-5-2)23-6-3;1-5-12-10-19(16(21)23-12)11-7-8-14(13(18)9-11)24-17(3,4)15(20)22-6-2;1-2-10-6-18(14(19)21-10)9-3-4-12(11(15)5-9)22-7-13-16-8-20-17-13;1-3-11-9-16(14(17)19-11)10-4-5-13(12(15)8-10)20-7-6-18-2/h7-8,11,14H,4-6,9-10,12H2,1-3H3;7-9,12H,5-6,10H2,1-4H3;3-5,8,10H,2,6-7H2,1H3;4-5,8,11H,3,6-7,9H2,1-2H3/t14-;12-;10-;11-/m0000/s1. The van der Waals surface area contributed by atoms with E-state index in [9.17, 15) is 46.1 Å². The Morgan fingerprint density at radius 1 is 0.565 bits per heavy atom. The van der Waals surface area contributed by atoms with E-state index in [0.29, 0.717) is 118 Å². The molecule has 4 aliphatic heterocycles. The molecule has 9 rings (SSSR count). The van der Waals surface area contributed by atoms with Crippen molar-refractivity contribution in [3.63, 3.8) is 0 Å². The molecule has 4 amide bonds. The zero-order valence-electron chi connectivity index (χ0n) is 53.0. The van der Waals surface area contributed by atoms with Gasteiger partial charge in [0, 0.05) is 38.2 Å². The van der Waals surface area contributed by atoms with Crippen molar-refractivity contribution >= 4 is 108 Å². The molecule has 0 spiro atoms. The molecule has 5 aromatic rings. The average molecular weight is 1380 g/mol. The maximum absolute atomic E-state index is 14.4. The Hall–Kier alpha value is -6.20. The molecule has 4 atom stereocenters. The average Bonchev–Trinajstić information content (AvgIpc) is 1.59. The first-order chi connectivity index (χ1) is 44.0. The van der Waals surface area contributed by atoms with Gasteiger partial charge in [-0.25, -0.2) is 36.7 Å². The lowest BCUT2D eigenvalue weighted by atomic mass is 10.2. The van der Waals surface area contributed by atoms with Gasteiger partial charge in [-0.15, -0.1) is 47.0 Å². The number of carbonyl (C=O) groups excluding carboxylic acids is 5. The smallest absolute Gasteiger partial charge is 0.414 e. The van der Waals surface area contributed by atoms with Crippen LogP contribution in [0, 0.1) is 23.3 Å². The molecule has 4 saturated heterocycles. The number of aromatic nitrogens is 2. The second-order valence-electron chi connectivity index (χ2n) is 20.9. The Kier molecular flexibility index (Phi) is 29.7. The van der Waals surface area contributed by atoms with Crippen LogP contribution in [0.5, 0.6) is 0 Å². The summed E-state index contributed by atoms with van der Waals surface area (Å²) in [5.74, 6) is -0.0141. The van der Waals surface area contributed by atoms with E-state index in [4.69, 9.17) is 37.5 Å². The molecule has 4 aliphatic rings. The molecule has 30 heteroatoms. The number of nitrogens with zero attached hydrogens (tertiary/aromatic N) is 6. The molecule has 4 aromatic carbocycles. The topological polar surface area (TPSA) is 228 Å². The molecular formula is C62H79F4N6O15PS4. The van der Waals surface area contributed by atoms with E-state index in [1.807, 2.05) is 27.7 Å². The van der Waals surface area contributed by atoms with Gasteiger partial charge in [0.1, 0.15) is 52.4 Å². The first kappa shape index (κ1) is 74.8. The molecule has 0 saturated carbocycles. The van der Waals surface area contributed by atoms with Gasteiger partial charge >= 0.3 is 37.9 Å². The zero-order valence-corrected chi connectivity index (χ0v) is 57.2. The Morgan fingerprint density at radius 3 is 1.25 bits per heavy atom. The summed E-state index contributed by atoms with van der Waals surface area (Å²) in [5, 5.41) is 3.67. The van der Waals surface area contributed by atoms with Crippen molar-refractivity contribution in [1.82, 2.24) is 10.1 Å². The molecule has 1 aromatic heterocycles. The van der Waals surface area contributed by atoms with Crippen molar-refractivity contribution in [3.8, 4) is 0 Å². The largest absolute Gasteiger partial charge is 0.465 e. The minimum atomic E-state index is -3.13. The van der Waals surface area contributed by atoms with Crippen molar-refractivity contribution in [2.24, 2.45) is 0 Å². The predicted octanol–water partition coefficient (Wildman–Crippen LogP) is 15.4. The molecule has 5 heterocycles. The van der Waals surface area contributed by atoms with Crippen molar-refractivity contribution in [2.75, 3.05) is 97.0 Å². The third-order valence-electron chi connectivity index (χ3n) is 13.9. The minimum absolute atomic E-state index is 0.110. The number of rotatable bonds is 27. The monoisotopic (exact) mass is 1380 g/mol. The van der Waals surface area contributed by atoms with Crippen molar-refractivity contribution in [1.29, 1.82) is 0 Å². The van der Waals surface area contributed by atoms with Gasteiger partial charge in [0.25, 0.3) is 0 Å². The number of thioether (sulfide) groups is 4. The number of benzene rings is 4. The second-order valence-corrected chi connectivity index (χ2v) is 28.0. The normalized spacial score (nSPS) is 17.9. The lowest BCUT2D eigenvalue weighted by Crippen LogP contribution is -2.30. The quantitative estimate of drug-likeness (QED) is 0.0119. The first-order valence-electron chi connectivity index (χ1n) is 30.0. The molecule has 92 heavy (non-hydrogen) atoms. The lowest BCUT2D eigenvalue weighted by Gasteiger charge is -2.22. The van der Waals surface area contributed by atoms with Crippen LogP contribution in [0.25, 0.3) is 0 Å². The van der Waals surface area contributed by atoms with Gasteiger partial charge in [-0.05, 0) is 133 Å². The Labute approximate surface area is 550 Å². The van der Waals surface area contributed by atoms with Crippen LogP contribution in [-0.2, 0) is 52.6 Å². The van der Waals surface area contributed by atoms with Crippen LogP contribution in [-0.4, -0.2) is 147 Å². The molecule has 504 valence electrons. The van der Waals surface area contributed by atoms with Crippen LogP contribution < -0.4 is 19.6 Å². The molecule has 0 aliphatic carbocycles. The summed E-state index contributed by atoms with van der Waals surface area (Å²) < 4.78 is 114. The molecule has 0 unspecified atom stereocenters. The molecule has 0 radical (unpaired) electrons. The summed E-state index contributed by atoms with van der Waals surface area (Å²) in [6, 6.07) is 18.7. The number of carbonyl (C=O) groups is 5. The number of esters is 1. The van der Waals surface area contributed by atoms with Crippen molar-refractivity contribution in [3.05, 3.63) is 108 Å². The highest BCUT2D eigenvalue weighted by molar-refractivity contribution is 8.01. The van der Waals surface area contributed by atoms with Gasteiger partial charge in [0.15, 0.2) is 5.82 Å². The second kappa shape index (κ2) is 36.5. The number of hydrogen-bond acceptors (Lipinski definition) is 21. The highest BCUT2D eigenvalue weighted by atomic mass is 32.2. The van der Waals surface area contributed by atoms with E-state index < -0.39 is 60.1 Å². The Morgan fingerprint density at radius 2 is 0.935 bits per heavy atom. The minimum Gasteiger partial charge on any atom is -0.465 e. The maximum Gasteiger partial charge on any atom is 0.414 e. The predicted molar refractivity (Wildman–Crippen MR) is 347 cm³/mol. The Bertz CT molecular complexity index is 3300. The number of amides is 4. The van der Waals surface area contributed by atoms with Gasteiger partial charge in [-0.2, -0.15) is 4.98 Å². The molecule has 0 bridgehead atoms. The van der Waals surface area contributed by atoms with Crippen LogP contribution in [0.3, 0.4) is 0 Å². The molecular weight excluding hydrogens is 1300 g/mol. The van der Waals surface area contributed by atoms with E-state index in [-0.39, 0.29) is 43.0 Å². The van der Waals surface area contributed by atoms with E-state index in [0.717, 1.165) is 31.0 Å². The summed E-state index contributed by atoms with van der Waals surface area (Å²) in [6.07, 6.45) is 2.04. The fraction of sp³-hybridized carbons (Fsp3) is 0.500. The first-order valence-corrected chi connectivity index (χ1v) is 35.5.